The molecule has 1 fully saturated rings. The molecule has 4 nitrogen and oxygen atoms in total. The van der Waals surface area contributed by atoms with Crippen molar-refractivity contribution in [3.63, 3.8) is 0 Å². The van der Waals surface area contributed by atoms with Gasteiger partial charge in [0.15, 0.2) is 0 Å². The monoisotopic (exact) mass is 313 g/mol. The summed E-state index contributed by atoms with van der Waals surface area (Å²) in [5.41, 5.74) is 0. The van der Waals surface area contributed by atoms with Crippen LogP contribution in [0.1, 0.15) is 12.8 Å². The number of benzene rings is 1. The zero-order valence-corrected chi connectivity index (χ0v) is 11.6. The van der Waals surface area contributed by atoms with Crippen LogP contribution in [-0.2, 0) is 4.79 Å². The normalized spacial score (nSPS) is 19.9. The fourth-order valence-electron chi connectivity index (χ4n) is 2.21. The standard InChI is InChI=1S/C13H16BrNO3/c14-10-4-1-2-6-12(10)18-9-8-15-7-3-5-11(15)13(16)17/h1-2,4,6,11H,3,5,7-9H2,(H,16,17)/t11-/m1/s1. The van der Waals surface area contributed by atoms with E-state index in [1.54, 1.807) is 0 Å². The van der Waals surface area contributed by atoms with Crippen LogP contribution in [0.5, 0.6) is 5.75 Å². The van der Waals surface area contributed by atoms with Crippen LogP contribution in [0.2, 0.25) is 0 Å². The minimum absolute atomic E-state index is 0.340. The second-order valence-corrected chi connectivity index (χ2v) is 5.17. The predicted octanol–water partition coefficient (Wildman–Crippen LogP) is 2.38. The number of carboxylic acid groups (broad SMARTS) is 1. The van der Waals surface area contributed by atoms with E-state index < -0.39 is 5.97 Å². The maximum absolute atomic E-state index is 11.0. The molecule has 98 valence electrons. The Kier molecular flexibility index (Phi) is 4.60. The van der Waals surface area contributed by atoms with Crippen LogP contribution in [0.4, 0.5) is 0 Å². The number of nitrogens with zero attached hydrogens (tertiary/aromatic N) is 1. The van der Waals surface area contributed by atoms with Crippen molar-refractivity contribution in [1.29, 1.82) is 0 Å². The van der Waals surface area contributed by atoms with Gasteiger partial charge in [0.2, 0.25) is 0 Å². The minimum Gasteiger partial charge on any atom is -0.491 e. The van der Waals surface area contributed by atoms with E-state index >= 15 is 0 Å². The van der Waals surface area contributed by atoms with Crippen LogP contribution in [0.3, 0.4) is 0 Å². The maximum atomic E-state index is 11.0. The second-order valence-electron chi connectivity index (χ2n) is 4.31. The van der Waals surface area contributed by atoms with Crippen molar-refractivity contribution in [1.82, 2.24) is 4.90 Å². The fraction of sp³-hybridized carbons (Fsp3) is 0.462. The average molecular weight is 314 g/mol. The molecule has 1 aliphatic rings. The van der Waals surface area contributed by atoms with E-state index in [0.717, 1.165) is 29.6 Å². The molecule has 1 saturated heterocycles. The van der Waals surface area contributed by atoms with Gasteiger partial charge in [-0.1, -0.05) is 12.1 Å². The highest BCUT2D eigenvalue weighted by atomic mass is 79.9. The van der Waals surface area contributed by atoms with Gasteiger partial charge in [-0.05, 0) is 47.4 Å². The third kappa shape index (κ3) is 3.23. The molecular formula is C13H16BrNO3. The van der Waals surface area contributed by atoms with Gasteiger partial charge in [-0.25, -0.2) is 0 Å². The summed E-state index contributed by atoms with van der Waals surface area (Å²) in [5, 5.41) is 9.05. The number of carbonyl (C=O) groups is 1. The van der Waals surface area contributed by atoms with Crippen molar-refractivity contribution in [2.75, 3.05) is 19.7 Å². The Labute approximate surface area is 115 Å². The van der Waals surface area contributed by atoms with Crippen molar-refractivity contribution in [2.24, 2.45) is 0 Å². The van der Waals surface area contributed by atoms with Gasteiger partial charge < -0.3 is 9.84 Å². The predicted molar refractivity (Wildman–Crippen MR) is 71.9 cm³/mol. The van der Waals surface area contributed by atoms with Gasteiger partial charge in [-0.2, -0.15) is 0 Å². The summed E-state index contributed by atoms with van der Waals surface area (Å²) in [6.07, 6.45) is 1.69. The first-order valence-electron chi connectivity index (χ1n) is 6.02. The van der Waals surface area contributed by atoms with Crippen LogP contribution >= 0.6 is 15.9 Å². The molecule has 1 aliphatic heterocycles. The first-order chi connectivity index (χ1) is 8.68. The number of para-hydroxylation sites is 1. The van der Waals surface area contributed by atoms with Gasteiger partial charge in [0.05, 0.1) is 4.47 Å². The van der Waals surface area contributed by atoms with E-state index in [0.29, 0.717) is 13.2 Å². The van der Waals surface area contributed by atoms with Crippen LogP contribution in [0.25, 0.3) is 0 Å². The Morgan fingerprint density at radius 3 is 3.00 bits per heavy atom. The molecule has 0 amide bonds. The lowest BCUT2D eigenvalue weighted by Crippen LogP contribution is -2.38. The molecule has 18 heavy (non-hydrogen) atoms. The number of likely N-dealkylation sites (tertiary alicyclic amines) is 1. The van der Waals surface area contributed by atoms with Crippen molar-refractivity contribution in [3.8, 4) is 5.75 Å². The molecule has 1 aromatic rings. The van der Waals surface area contributed by atoms with E-state index in [9.17, 15) is 4.79 Å². The molecule has 5 heteroatoms. The van der Waals surface area contributed by atoms with E-state index in [-0.39, 0.29) is 6.04 Å². The van der Waals surface area contributed by atoms with Gasteiger partial charge in [-0.3, -0.25) is 9.69 Å². The first kappa shape index (κ1) is 13.4. The summed E-state index contributed by atoms with van der Waals surface area (Å²) >= 11 is 3.41. The van der Waals surface area contributed by atoms with Gasteiger partial charge >= 0.3 is 5.97 Å². The summed E-state index contributed by atoms with van der Waals surface area (Å²) < 4.78 is 6.56. The van der Waals surface area contributed by atoms with Crippen LogP contribution < -0.4 is 4.74 Å². The van der Waals surface area contributed by atoms with Crippen molar-refractivity contribution >= 4 is 21.9 Å². The van der Waals surface area contributed by atoms with Crippen LogP contribution in [-0.4, -0.2) is 41.7 Å². The minimum atomic E-state index is -0.728. The first-order valence-corrected chi connectivity index (χ1v) is 6.82. The summed E-state index contributed by atoms with van der Waals surface area (Å²) in [6, 6.07) is 7.31. The SMILES string of the molecule is O=C(O)[C@H]1CCCN1CCOc1ccccc1Br. The lowest BCUT2D eigenvalue weighted by molar-refractivity contribution is -0.142. The average Bonchev–Trinajstić information content (AvgIpc) is 2.80. The molecule has 1 N–H and O–H groups in total. The smallest absolute Gasteiger partial charge is 0.320 e. The second kappa shape index (κ2) is 6.20. The molecule has 0 radical (unpaired) electrons. The van der Waals surface area contributed by atoms with Crippen molar-refractivity contribution in [3.05, 3.63) is 28.7 Å². The van der Waals surface area contributed by atoms with E-state index in [1.807, 2.05) is 29.2 Å². The Hall–Kier alpha value is -1.07. The quantitative estimate of drug-likeness (QED) is 0.906. The molecule has 0 saturated carbocycles. The topological polar surface area (TPSA) is 49.8 Å². The van der Waals surface area contributed by atoms with Crippen molar-refractivity contribution < 1.29 is 14.6 Å². The molecule has 0 spiro atoms. The molecule has 0 unspecified atom stereocenters. The molecule has 0 bridgehead atoms. The molecular weight excluding hydrogens is 298 g/mol. The Balaban J connectivity index is 1.82. The Morgan fingerprint density at radius 2 is 2.28 bits per heavy atom. The summed E-state index contributed by atoms with van der Waals surface area (Å²) in [4.78, 5) is 13.0. The van der Waals surface area contributed by atoms with Gasteiger partial charge in [0, 0.05) is 6.54 Å². The highest BCUT2D eigenvalue weighted by Gasteiger charge is 2.29. The molecule has 0 aromatic heterocycles. The number of rotatable bonds is 5. The lowest BCUT2D eigenvalue weighted by atomic mass is 10.2. The van der Waals surface area contributed by atoms with Crippen LogP contribution in [0.15, 0.2) is 28.7 Å². The highest BCUT2D eigenvalue weighted by Crippen LogP contribution is 2.24. The number of halogens is 1. The molecule has 2 rings (SSSR count). The maximum Gasteiger partial charge on any atom is 0.320 e. The number of aliphatic carboxylic acids is 1. The number of hydrogen-bond acceptors (Lipinski definition) is 3. The summed E-state index contributed by atoms with van der Waals surface area (Å²) in [6.45, 7) is 2.00. The van der Waals surface area contributed by atoms with E-state index in [2.05, 4.69) is 15.9 Å². The fourth-order valence-corrected chi connectivity index (χ4v) is 2.61. The molecule has 0 aliphatic carbocycles. The van der Waals surface area contributed by atoms with Gasteiger partial charge in [0.1, 0.15) is 18.4 Å². The Bertz CT molecular complexity index is 424. The summed E-state index contributed by atoms with van der Waals surface area (Å²) in [7, 11) is 0. The lowest BCUT2D eigenvalue weighted by Gasteiger charge is -2.21. The highest BCUT2D eigenvalue weighted by molar-refractivity contribution is 9.10. The van der Waals surface area contributed by atoms with E-state index in [1.165, 1.54) is 0 Å². The third-order valence-electron chi connectivity index (χ3n) is 3.12. The van der Waals surface area contributed by atoms with Crippen molar-refractivity contribution in [2.45, 2.75) is 18.9 Å². The molecule has 1 heterocycles. The van der Waals surface area contributed by atoms with Crippen LogP contribution in [0, 0.1) is 0 Å². The molecule has 1 atom stereocenters. The van der Waals surface area contributed by atoms with Gasteiger partial charge in [0.25, 0.3) is 0 Å². The third-order valence-corrected chi connectivity index (χ3v) is 3.78. The zero-order chi connectivity index (χ0) is 13.0. The Morgan fingerprint density at radius 1 is 1.50 bits per heavy atom. The zero-order valence-electron chi connectivity index (χ0n) is 10.0. The van der Waals surface area contributed by atoms with E-state index in [4.69, 9.17) is 9.84 Å². The largest absolute Gasteiger partial charge is 0.491 e. The number of carboxylic acids is 1. The number of hydrogen-bond donors (Lipinski definition) is 1. The molecule has 1 aromatic carbocycles. The van der Waals surface area contributed by atoms with Gasteiger partial charge in [-0.15, -0.1) is 0 Å². The summed E-state index contributed by atoms with van der Waals surface area (Å²) in [5.74, 6) is 0.0666. The number of ether oxygens (including phenoxy) is 1.